The lowest BCUT2D eigenvalue weighted by Gasteiger charge is -2.07. The van der Waals surface area contributed by atoms with E-state index in [1.165, 1.54) is 17.7 Å². The summed E-state index contributed by atoms with van der Waals surface area (Å²) >= 11 is 0. The van der Waals surface area contributed by atoms with E-state index in [0.717, 1.165) is 11.3 Å². The maximum atomic E-state index is 12.9. The number of rotatable bonds is 3. The first kappa shape index (κ1) is 11.7. The van der Waals surface area contributed by atoms with Crippen LogP contribution >= 0.6 is 0 Å². The van der Waals surface area contributed by atoms with Crippen molar-refractivity contribution < 1.29 is 4.39 Å². The molecule has 93 valence electrons. The van der Waals surface area contributed by atoms with Crippen molar-refractivity contribution in [2.24, 2.45) is 0 Å². The average molecular weight is 251 g/mol. The van der Waals surface area contributed by atoms with E-state index in [0.29, 0.717) is 6.54 Å². The highest BCUT2D eigenvalue weighted by Gasteiger charge is 2.06. The molecule has 0 atom stereocenters. The van der Waals surface area contributed by atoms with Crippen molar-refractivity contribution in [1.82, 2.24) is 9.78 Å². The van der Waals surface area contributed by atoms with E-state index in [-0.39, 0.29) is 5.82 Å². The van der Waals surface area contributed by atoms with E-state index in [4.69, 9.17) is 0 Å². The van der Waals surface area contributed by atoms with Gasteiger partial charge in [-0.05, 0) is 35.9 Å². The highest BCUT2D eigenvalue weighted by atomic mass is 19.1. The van der Waals surface area contributed by atoms with Crippen LogP contribution in [-0.4, -0.2) is 9.78 Å². The van der Waals surface area contributed by atoms with Gasteiger partial charge in [0.2, 0.25) is 0 Å². The number of hydrogen-bond donors (Lipinski definition) is 0. The van der Waals surface area contributed by atoms with Crippen LogP contribution in [0.4, 0.5) is 4.39 Å². The fourth-order valence-electron chi connectivity index (χ4n) is 2.02. The molecule has 2 aromatic carbocycles. The maximum Gasteiger partial charge on any atom is 0.123 e. The van der Waals surface area contributed by atoms with Gasteiger partial charge in [0, 0.05) is 5.56 Å². The molecule has 0 unspecified atom stereocenters. The molecule has 0 aliphatic rings. The second-order valence-electron chi connectivity index (χ2n) is 4.31. The third-order valence-electron chi connectivity index (χ3n) is 2.97. The molecule has 0 spiro atoms. The Bertz CT molecular complexity index is 657. The van der Waals surface area contributed by atoms with Crippen LogP contribution in [0.1, 0.15) is 5.56 Å². The number of aromatic nitrogens is 2. The Morgan fingerprint density at radius 2 is 1.74 bits per heavy atom. The van der Waals surface area contributed by atoms with Crippen molar-refractivity contribution in [2.45, 2.75) is 6.54 Å². The smallest absolute Gasteiger partial charge is 0.123 e. The third kappa shape index (κ3) is 2.55. The maximum absolute atomic E-state index is 12.9. The Hall–Kier alpha value is -2.42. The van der Waals surface area contributed by atoms with Gasteiger partial charge in [-0.1, -0.05) is 30.3 Å². The zero-order chi connectivity index (χ0) is 13.1. The first-order chi connectivity index (χ1) is 9.33. The molecule has 0 bridgehead atoms. The lowest BCUT2D eigenvalue weighted by atomic mass is 10.1. The van der Waals surface area contributed by atoms with Crippen LogP contribution in [0.25, 0.3) is 11.3 Å². The summed E-state index contributed by atoms with van der Waals surface area (Å²) in [5.41, 5.74) is 3.04. The first-order valence-electron chi connectivity index (χ1n) is 6.07. The highest BCUT2D eigenvalue weighted by Crippen LogP contribution is 2.19. The molecule has 3 rings (SSSR count). The molecule has 0 aliphatic heterocycles. The minimum Gasteiger partial charge on any atom is -0.260 e. The summed E-state index contributed by atoms with van der Waals surface area (Å²) in [6.07, 6.45) is 2.85. The van der Waals surface area contributed by atoms with Gasteiger partial charge in [-0.15, -0.1) is 0 Å². The molecule has 1 aromatic heterocycles. The fraction of sp³-hybridized carbons (Fsp3) is 0.0625. The van der Waals surface area contributed by atoms with Crippen molar-refractivity contribution in [3.05, 3.63) is 78.2 Å². The Morgan fingerprint density at radius 3 is 2.47 bits per heavy atom. The van der Waals surface area contributed by atoms with Gasteiger partial charge in [0.1, 0.15) is 12.0 Å². The second kappa shape index (κ2) is 5.06. The van der Waals surface area contributed by atoms with Gasteiger partial charge in [-0.2, -0.15) is 5.10 Å². The molecular formula is C16H12FN2. The Kier molecular flexibility index (Phi) is 3.11. The van der Waals surface area contributed by atoms with E-state index in [9.17, 15) is 4.39 Å². The first-order valence-corrected chi connectivity index (χ1v) is 6.07. The lowest BCUT2D eigenvalue weighted by Crippen LogP contribution is -2.03. The molecule has 0 fully saturated rings. The van der Waals surface area contributed by atoms with Gasteiger partial charge in [0.25, 0.3) is 0 Å². The van der Waals surface area contributed by atoms with E-state index < -0.39 is 0 Å². The summed E-state index contributed by atoms with van der Waals surface area (Å²) in [6, 6.07) is 18.3. The minimum atomic E-state index is -0.234. The second-order valence-corrected chi connectivity index (χ2v) is 4.31. The number of hydrogen-bond acceptors (Lipinski definition) is 1. The number of nitrogens with zero attached hydrogens (tertiary/aromatic N) is 2. The Morgan fingerprint density at radius 1 is 1.00 bits per heavy atom. The molecule has 0 amide bonds. The van der Waals surface area contributed by atoms with Crippen LogP contribution < -0.4 is 0 Å². The third-order valence-corrected chi connectivity index (χ3v) is 2.97. The van der Waals surface area contributed by atoms with Gasteiger partial charge in [-0.25, -0.2) is 4.39 Å². The summed E-state index contributed by atoms with van der Waals surface area (Å²) in [7, 11) is 0. The van der Waals surface area contributed by atoms with Crippen molar-refractivity contribution in [3.8, 4) is 11.3 Å². The molecule has 3 aromatic rings. The monoisotopic (exact) mass is 251 g/mol. The van der Waals surface area contributed by atoms with Crippen LogP contribution in [0.5, 0.6) is 0 Å². The van der Waals surface area contributed by atoms with Crippen molar-refractivity contribution in [3.63, 3.8) is 0 Å². The summed E-state index contributed by atoms with van der Waals surface area (Å²) < 4.78 is 14.8. The topological polar surface area (TPSA) is 17.8 Å². The molecule has 0 saturated heterocycles. The predicted octanol–water partition coefficient (Wildman–Crippen LogP) is 3.54. The van der Waals surface area contributed by atoms with Gasteiger partial charge >= 0.3 is 0 Å². The average Bonchev–Trinajstić information content (AvgIpc) is 2.89. The van der Waals surface area contributed by atoms with E-state index in [1.54, 1.807) is 12.1 Å². The summed E-state index contributed by atoms with van der Waals surface area (Å²) in [6.45, 7) is 0.678. The van der Waals surface area contributed by atoms with Crippen LogP contribution in [0, 0.1) is 12.0 Å². The largest absolute Gasteiger partial charge is 0.260 e. The molecule has 0 aliphatic carbocycles. The van der Waals surface area contributed by atoms with Crippen molar-refractivity contribution >= 4 is 0 Å². The van der Waals surface area contributed by atoms with Gasteiger partial charge in [0.15, 0.2) is 0 Å². The molecule has 19 heavy (non-hydrogen) atoms. The quantitative estimate of drug-likeness (QED) is 0.696. The molecule has 3 heteroatoms. The van der Waals surface area contributed by atoms with Gasteiger partial charge in [-0.3, -0.25) is 4.68 Å². The highest BCUT2D eigenvalue weighted by molar-refractivity contribution is 5.59. The van der Waals surface area contributed by atoms with E-state index >= 15 is 0 Å². The standard InChI is InChI=1S/C16H12FN2/c17-15-8-6-14(7-9-15)16-10-11-18-19(16)12-13-4-2-1-3-5-13/h1-10H,12H2. The van der Waals surface area contributed by atoms with Crippen molar-refractivity contribution in [2.75, 3.05) is 0 Å². The molecule has 0 saturated carbocycles. The number of benzene rings is 2. The zero-order valence-corrected chi connectivity index (χ0v) is 10.3. The summed E-state index contributed by atoms with van der Waals surface area (Å²) in [5, 5.41) is 4.21. The van der Waals surface area contributed by atoms with Crippen LogP contribution in [0.3, 0.4) is 0 Å². The Balaban J connectivity index is 1.92. The summed E-state index contributed by atoms with van der Waals surface area (Å²) in [5.74, 6) is -0.234. The predicted molar refractivity (Wildman–Crippen MR) is 72.0 cm³/mol. The zero-order valence-electron chi connectivity index (χ0n) is 10.3. The molecule has 2 nitrogen and oxygen atoms in total. The minimum absolute atomic E-state index is 0.234. The van der Waals surface area contributed by atoms with Crippen LogP contribution in [0.15, 0.2) is 60.7 Å². The van der Waals surface area contributed by atoms with Crippen LogP contribution in [0.2, 0.25) is 0 Å². The fourth-order valence-corrected chi connectivity index (χ4v) is 2.02. The van der Waals surface area contributed by atoms with Gasteiger partial charge in [0.05, 0.1) is 12.2 Å². The van der Waals surface area contributed by atoms with Crippen LogP contribution in [-0.2, 0) is 6.54 Å². The molecule has 1 radical (unpaired) electrons. The van der Waals surface area contributed by atoms with Gasteiger partial charge < -0.3 is 0 Å². The normalized spacial score (nSPS) is 10.6. The molecule has 1 heterocycles. The summed E-state index contributed by atoms with van der Waals surface area (Å²) in [4.78, 5) is 0. The molecule has 0 N–H and O–H groups in total. The number of halogens is 1. The lowest BCUT2D eigenvalue weighted by molar-refractivity contribution is 0.627. The van der Waals surface area contributed by atoms with E-state index in [2.05, 4.69) is 23.4 Å². The van der Waals surface area contributed by atoms with Crippen molar-refractivity contribution in [1.29, 1.82) is 0 Å². The van der Waals surface area contributed by atoms with E-state index in [1.807, 2.05) is 28.9 Å². The SMILES string of the molecule is Fc1ccc(-c2c[c]nn2Cc2ccccc2)cc1. The molecular weight excluding hydrogens is 239 g/mol. The Labute approximate surface area is 111 Å².